The second-order valence-electron chi connectivity index (χ2n) is 4.10. The van der Waals surface area contributed by atoms with E-state index in [1.807, 2.05) is 30.3 Å². The number of carboxylic acids is 1. The van der Waals surface area contributed by atoms with E-state index in [0.717, 1.165) is 11.6 Å². The fourth-order valence-corrected chi connectivity index (χ4v) is 1.69. The maximum Gasteiger partial charge on any atom is 0.338 e. The lowest BCUT2D eigenvalue weighted by Gasteiger charge is -2.06. The Morgan fingerprint density at radius 1 is 1.05 bits per heavy atom. The molecule has 0 aromatic heterocycles. The van der Waals surface area contributed by atoms with Gasteiger partial charge >= 0.3 is 5.97 Å². The van der Waals surface area contributed by atoms with E-state index in [9.17, 15) is 9.18 Å². The molecule has 4 heteroatoms. The Balaban J connectivity index is 1.97. The number of aromatic carboxylic acids is 1. The van der Waals surface area contributed by atoms with Crippen molar-refractivity contribution >= 4 is 5.97 Å². The lowest BCUT2D eigenvalue weighted by atomic mass is 10.1. The molecule has 0 saturated heterocycles. The van der Waals surface area contributed by atoms with E-state index in [4.69, 9.17) is 9.84 Å². The van der Waals surface area contributed by atoms with Gasteiger partial charge in [0.2, 0.25) is 0 Å². The average molecular weight is 260 g/mol. The van der Waals surface area contributed by atoms with E-state index >= 15 is 0 Å². The summed E-state index contributed by atoms with van der Waals surface area (Å²) in [6.45, 7) is 0.677. The highest BCUT2D eigenvalue weighted by Crippen LogP contribution is 2.12. The summed E-state index contributed by atoms with van der Waals surface area (Å²) in [7, 11) is 0. The molecule has 0 saturated carbocycles. The first-order valence-electron chi connectivity index (χ1n) is 5.80. The van der Waals surface area contributed by atoms with Gasteiger partial charge in [-0.05, 0) is 23.3 Å². The van der Waals surface area contributed by atoms with Gasteiger partial charge in [-0.1, -0.05) is 36.4 Å². The van der Waals surface area contributed by atoms with Crippen LogP contribution in [0.5, 0.6) is 0 Å². The molecule has 0 bridgehead atoms. The minimum Gasteiger partial charge on any atom is -0.478 e. The van der Waals surface area contributed by atoms with Gasteiger partial charge in [0.25, 0.3) is 0 Å². The molecule has 0 atom stereocenters. The molecule has 0 unspecified atom stereocenters. The summed E-state index contributed by atoms with van der Waals surface area (Å²) in [5, 5.41) is 8.81. The van der Waals surface area contributed by atoms with Gasteiger partial charge in [0.15, 0.2) is 0 Å². The van der Waals surface area contributed by atoms with E-state index < -0.39 is 11.8 Å². The first kappa shape index (κ1) is 13.2. The van der Waals surface area contributed by atoms with Gasteiger partial charge in [0, 0.05) is 0 Å². The Morgan fingerprint density at radius 2 is 1.74 bits per heavy atom. The van der Waals surface area contributed by atoms with Crippen molar-refractivity contribution in [2.24, 2.45) is 0 Å². The van der Waals surface area contributed by atoms with Crippen LogP contribution < -0.4 is 0 Å². The van der Waals surface area contributed by atoms with Crippen molar-refractivity contribution in [2.45, 2.75) is 13.2 Å². The Labute approximate surface area is 110 Å². The number of carboxylic acid groups (broad SMARTS) is 1. The number of rotatable bonds is 5. The third kappa shape index (κ3) is 3.63. The van der Waals surface area contributed by atoms with Gasteiger partial charge in [-0.3, -0.25) is 0 Å². The van der Waals surface area contributed by atoms with Crippen molar-refractivity contribution in [3.05, 3.63) is 71.0 Å². The molecule has 0 aliphatic heterocycles. The lowest BCUT2D eigenvalue weighted by molar-refractivity contribution is 0.0691. The molecule has 0 aliphatic carbocycles. The molecule has 1 N–H and O–H groups in total. The quantitative estimate of drug-likeness (QED) is 0.897. The number of hydrogen-bond donors (Lipinski definition) is 1. The summed E-state index contributed by atoms with van der Waals surface area (Å²) in [4.78, 5) is 10.8. The van der Waals surface area contributed by atoms with Crippen molar-refractivity contribution in [1.29, 1.82) is 0 Å². The largest absolute Gasteiger partial charge is 0.478 e. The molecule has 2 aromatic carbocycles. The third-order valence-corrected chi connectivity index (χ3v) is 2.64. The molecule has 98 valence electrons. The van der Waals surface area contributed by atoms with Crippen molar-refractivity contribution in [3.8, 4) is 0 Å². The maximum absolute atomic E-state index is 13.2. The van der Waals surface area contributed by atoms with Crippen LogP contribution in [-0.2, 0) is 18.0 Å². The summed E-state index contributed by atoms with van der Waals surface area (Å²) in [5.41, 5.74) is 1.33. The van der Waals surface area contributed by atoms with Crippen LogP contribution in [0.4, 0.5) is 4.39 Å². The number of hydrogen-bond acceptors (Lipinski definition) is 2. The second-order valence-corrected chi connectivity index (χ2v) is 4.10. The van der Waals surface area contributed by atoms with Crippen LogP contribution in [0, 0.1) is 5.82 Å². The van der Waals surface area contributed by atoms with Crippen LogP contribution in [0.1, 0.15) is 21.5 Å². The second kappa shape index (κ2) is 6.11. The van der Waals surface area contributed by atoms with E-state index in [0.29, 0.717) is 12.2 Å². The Morgan fingerprint density at radius 3 is 2.42 bits per heavy atom. The Bertz CT molecular complexity index is 567. The fourth-order valence-electron chi connectivity index (χ4n) is 1.69. The zero-order valence-electron chi connectivity index (χ0n) is 10.2. The fraction of sp³-hybridized carbons (Fsp3) is 0.133. The van der Waals surface area contributed by atoms with Crippen molar-refractivity contribution in [3.63, 3.8) is 0 Å². The summed E-state index contributed by atoms with van der Waals surface area (Å²) in [6.07, 6.45) is 0. The molecule has 2 aromatic rings. The first-order chi connectivity index (χ1) is 9.16. The zero-order chi connectivity index (χ0) is 13.7. The molecule has 0 spiro atoms. The van der Waals surface area contributed by atoms with Gasteiger partial charge in [0.05, 0.1) is 18.8 Å². The highest BCUT2D eigenvalue weighted by Gasteiger charge is 2.10. The normalized spacial score (nSPS) is 10.4. The van der Waals surface area contributed by atoms with E-state index in [1.54, 1.807) is 0 Å². The predicted octanol–water partition coefficient (Wildman–Crippen LogP) is 3.24. The lowest BCUT2D eigenvalue weighted by Crippen LogP contribution is -2.02. The highest BCUT2D eigenvalue weighted by molar-refractivity contribution is 5.88. The van der Waals surface area contributed by atoms with Crippen molar-refractivity contribution < 1.29 is 19.0 Å². The molecule has 0 heterocycles. The molecular weight excluding hydrogens is 247 g/mol. The standard InChI is InChI=1S/C15H13FO3/c16-14-7-6-12(8-13(14)15(17)18)10-19-9-11-4-2-1-3-5-11/h1-8H,9-10H2,(H,17,18). The number of carbonyl (C=O) groups is 1. The number of ether oxygens (including phenoxy) is 1. The van der Waals surface area contributed by atoms with Gasteiger partial charge < -0.3 is 9.84 Å². The molecule has 0 aliphatic rings. The van der Waals surface area contributed by atoms with Crippen LogP contribution in [0.15, 0.2) is 48.5 Å². The minimum atomic E-state index is -1.28. The van der Waals surface area contributed by atoms with Gasteiger partial charge in [-0.2, -0.15) is 0 Å². The van der Waals surface area contributed by atoms with Gasteiger partial charge in [-0.15, -0.1) is 0 Å². The summed E-state index contributed by atoms with van der Waals surface area (Å²) in [6, 6.07) is 13.6. The van der Waals surface area contributed by atoms with Crippen LogP contribution in [-0.4, -0.2) is 11.1 Å². The highest BCUT2D eigenvalue weighted by atomic mass is 19.1. The molecule has 2 rings (SSSR count). The smallest absolute Gasteiger partial charge is 0.338 e. The van der Waals surface area contributed by atoms with Gasteiger partial charge in [0.1, 0.15) is 5.82 Å². The van der Waals surface area contributed by atoms with E-state index in [1.165, 1.54) is 12.1 Å². The minimum absolute atomic E-state index is 0.245. The van der Waals surface area contributed by atoms with E-state index in [2.05, 4.69) is 0 Å². The molecule has 0 radical (unpaired) electrons. The molecule has 19 heavy (non-hydrogen) atoms. The number of halogens is 1. The molecule has 0 amide bonds. The molecule has 0 fully saturated rings. The number of benzene rings is 2. The predicted molar refractivity (Wildman–Crippen MR) is 68.3 cm³/mol. The SMILES string of the molecule is O=C(O)c1cc(COCc2ccccc2)ccc1F. The summed E-state index contributed by atoms with van der Waals surface area (Å²) in [5.74, 6) is -2.01. The van der Waals surface area contributed by atoms with E-state index in [-0.39, 0.29) is 12.2 Å². The summed E-state index contributed by atoms with van der Waals surface area (Å²) >= 11 is 0. The maximum atomic E-state index is 13.2. The van der Waals surface area contributed by atoms with Gasteiger partial charge in [-0.25, -0.2) is 9.18 Å². The first-order valence-corrected chi connectivity index (χ1v) is 5.80. The van der Waals surface area contributed by atoms with Crippen molar-refractivity contribution in [2.75, 3.05) is 0 Å². The topological polar surface area (TPSA) is 46.5 Å². The van der Waals surface area contributed by atoms with Crippen LogP contribution in [0.2, 0.25) is 0 Å². The van der Waals surface area contributed by atoms with Crippen LogP contribution >= 0.6 is 0 Å². The van der Waals surface area contributed by atoms with Crippen LogP contribution in [0.3, 0.4) is 0 Å². The molecule has 3 nitrogen and oxygen atoms in total. The average Bonchev–Trinajstić information content (AvgIpc) is 2.41. The van der Waals surface area contributed by atoms with Crippen molar-refractivity contribution in [1.82, 2.24) is 0 Å². The third-order valence-electron chi connectivity index (χ3n) is 2.64. The molecular formula is C15H13FO3. The monoisotopic (exact) mass is 260 g/mol. The Kier molecular flexibility index (Phi) is 4.26. The summed E-state index contributed by atoms with van der Waals surface area (Å²) < 4.78 is 18.7. The zero-order valence-corrected chi connectivity index (χ0v) is 10.2. The Hall–Kier alpha value is -2.20. The van der Waals surface area contributed by atoms with Crippen LogP contribution in [0.25, 0.3) is 0 Å².